The topological polar surface area (TPSA) is 46.5 Å². The van der Waals surface area contributed by atoms with Gasteiger partial charge in [-0.25, -0.2) is 0 Å². The molecule has 0 spiro atoms. The zero-order valence-corrected chi connectivity index (χ0v) is 10.6. The van der Waals surface area contributed by atoms with E-state index in [9.17, 15) is 9.90 Å². The van der Waals surface area contributed by atoms with Gasteiger partial charge in [0.05, 0.1) is 0 Å². The molecule has 1 fully saturated rings. The second-order valence-electron chi connectivity index (χ2n) is 6.62. The Kier molecular flexibility index (Phi) is 2.22. The van der Waals surface area contributed by atoms with Gasteiger partial charge in [-0.15, -0.1) is 0 Å². The van der Waals surface area contributed by atoms with Gasteiger partial charge in [0.15, 0.2) is 5.78 Å². The summed E-state index contributed by atoms with van der Waals surface area (Å²) >= 11 is 0. The Hall–Kier alpha value is -0.830. The predicted octanol–water partition coefficient (Wildman–Crippen LogP) is 2.54. The minimum absolute atomic E-state index is 0.0298. The van der Waals surface area contributed by atoms with Crippen LogP contribution in [0.1, 0.15) is 52.4 Å². The molecule has 0 aromatic heterocycles. The molecule has 17 heavy (non-hydrogen) atoms. The van der Waals surface area contributed by atoms with Crippen molar-refractivity contribution in [1.82, 2.24) is 0 Å². The standard InChI is InChI=1S/C14H20O3/c1-13(2)7-10(15)12-9-4-3-5-14(16,6-9)17-11(12)8-13/h9,16H,3-8H2,1-2H3. The van der Waals surface area contributed by atoms with Crippen LogP contribution in [0.15, 0.2) is 11.3 Å². The summed E-state index contributed by atoms with van der Waals surface area (Å²) in [6.07, 6.45) is 4.69. The molecule has 1 N–H and O–H groups in total. The highest BCUT2D eigenvalue weighted by molar-refractivity contribution is 5.97. The van der Waals surface area contributed by atoms with Gasteiger partial charge in [-0.05, 0) is 24.2 Å². The second-order valence-corrected chi connectivity index (χ2v) is 6.62. The highest BCUT2D eigenvalue weighted by Crippen LogP contribution is 2.50. The van der Waals surface area contributed by atoms with Gasteiger partial charge in [-0.2, -0.15) is 0 Å². The third-order valence-corrected chi connectivity index (χ3v) is 4.29. The summed E-state index contributed by atoms with van der Waals surface area (Å²) in [6.45, 7) is 4.18. The molecule has 0 saturated heterocycles. The fourth-order valence-corrected chi connectivity index (χ4v) is 3.61. The zero-order valence-electron chi connectivity index (χ0n) is 10.6. The van der Waals surface area contributed by atoms with Crippen LogP contribution < -0.4 is 0 Å². The molecule has 3 aliphatic rings. The molecule has 1 aliphatic heterocycles. The molecule has 1 saturated carbocycles. The number of ether oxygens (including phenoxy) is 1. The summed E-state index contributed by atoms with van der Waals surface area (Å²) in [5, 5.41) is 10.3. The van der Waals surface area contributed by atoms with E-state index < -0.39 is 5.79 Å². The van der Waals surface area contributed by atoms with Crippen molar-refractivity contribution < 1.29 is 14.6 Å². The number of hydrogen-bond donors (Lipinski definition) is 1. The van der Waals surface area contributed by atoms with Crippen LogP contribution in [0.2, 0.25) is 0 Å². The van der Waals surface area contributed by atoms with E-state index >= 15 is 0 Å². The molecule has 2 bridgehead atoms. The number of allylic oxidation sites excluding steroid dienone is 2. The summed E-state index contributed by atoms with van der Waals surface area (Å²) in [7, 11) is 0. The predicted molar refractivity (Wildman–Crippen MR) is 63.0 cm³/mol. The summed E-state index contributed by atoms with van der Waals surface area (Å²) in [5.41, 5.74) is 0.867. The fourth-order valence-electron chi connectivity index (χ4n) is 3.61. The third kappa shape index (κ3) is 1.81. The number of Topliss-reactive ketones (excluding diaryl/α,β-unsaturated/α-hetero) is 1. The van der Waals surface area contributed by atoms with Crippen LogP contribution in [0.3, 0.4) is 0 Å². The van der Waals surface area contributed by atoms with Crippen molar-refractivity contribution in [2.45, 2.75) is 58.2 Å². The molecule has 3 heteroatoms. The van der Waals surface area contributed by atoms with Crippen LogP contribution in [-0.4, -0.2) is 16.7 Å². The largest absolute Gasteiger partial charge is 0.466 e. The molecule has 0 aromatic carbocycles. The molecule has 2 aliphatic carbocycles. The van der Waals surface area contributed by atoms with Crippen molar-refractivity contribution in [3.05, 3.63) is 11.3 Å². The quantitative estimate of drug-likeness (QED) is 0.703. The number of rotatable bonds is 0. The van der Waals surface area contributed by atoms with Crippen LogP contribution in [0.5, 0.6) is 0 Å². The average molecular weight is 236 g/mol. The van der Waals surface area contributed by atoms with Gasteiger partial charge >= 0.3 is 0 Å². The van der Waals surface area contributed by atoms with Crippen molar-refractivity contribution in [1.29, 1.82) is 0 Å². The SMILES string of the molecule is CC1(C)CC(=O)C2=C(C1)OC1(O)CCCC2C1. The lowest BCUT2D eigenvalue weighted by atomic mass is 9.68. The Morgan fingerprint density at radius 2 is 2.12 bits per heavy atom. The smallest absolute Gasteiger partial charge is 0.208 e. The van der Waals surface area contributed by atoms with Crippen LogP contribution in [-0.2, 0) is 9.53 Å². The number of carbonyl (C=O) groups excluding carboxylic acids is 1. The molecule has 3 rings (SSSR count). The second kappa shape index (κ2) is 3.35. The Bertz CT molecular complexity index is 408. The minimum Gasteiger partial charge on any atom is -0.466 e. The van der Waals surface area contributed by atoms with Gasteiger partial charge in [0.25, 0.3) is 0 Å². The lowest BCUT2D eigenvalue weighted by molar-refractivity contribution is -0.218. The number of aliphatic hydroxyl groups is 1. The molecule has 1 heterocycles. The maximum Gasteiger partial charge on any atom is 0.208 e. The Balaban J connectivity index is 2.02. The van der Waals surface area contributed by atoms with Crippen LogP contribution in [0.25, 0.3) is 0 Å². The monoisotopic (exact) mass is 236 g/mol. The van der Waals surface area contributed by atoms with E-state index in [0.717, 1.165) is 30.6 Å². The van der Waals surface area contributed by atoms with E-state index in [0.29, 0.717) is 19.3 Å². The van der Waals surface area contributed by atoms with E-state index in [-0.39, 0.29) is 17.1 Å². The first-order valence-electron chi connectivity index (χ1n) is 6.56. The molecular weight excluding hydrogens is 216 g/mol. The summed E-state index contributed by atoms with van der Waals surface area (Å²) in [5.74, 6) is 0.270. The summed E-state index contributed by atoms with van der Waals surface area (Å²) < 4.78 is 5.77. The third-order valence-electron chi connectivity index (χ3n) is 4.29. The molecule has 2 atom stereocenters. The van der Waals surface area contributed by atoms with Crippen LogP contribution in [0, 0.1) is 11.3 Å². The average Bonchev–Trinajstić information content (AvgIpc) is 2.12. The van der Waals surface area contributed by atoms with Gasteiger partial charge in [-0.1, -0.05) is 13.8 Å². The first kappa shape index (κ1) is 11.3. The van der Waals surface area contributed by atoms with Crippen molar-refractivity contribution in [3.8, 4) is 0 Å². The fraction of sp³-hybridized carbons (Fsp3) is 0.786. The van der Waals surface area contributed by atoms with E-state index in [4.69, 9.17) is 4.74 Å². The van der Waals surface area contributed by atoms with Gasteiger partial charge in [0, 0.05) is 31.3 Å². The first-order valence-corrected chi connectivity index (χ1v) is 6.56. The van der Waals surface area contributed by atoms with Crippen molar-refractivity contribution in [3.63, 3.8) is 0 Å². The first-order chi connectivity index (χ1) is 7.89. The van der Waals surface area contributed by atoms with Gasteiger partial charge < -0.3 is 9.84 Å². The maximum absolute atomic E-state index is 12.2. The Morgan fingerprint density at radius 1 is 1.35 bits per heavy atom. The molecule has 2 unspecified atom stereocenters. The van der Waals surface area contributed by atoms with E-state index in [1.54, 1.807) is 0 Å². The molecule has 3 nitrogen and oxygen atoms in total. The maximum atomic E-state index is 12.2. The van der Waals surface area contributed by atoms with E-state index in [1.165, 1.54) is 0 Å². The highest BCUT2D eigenvalue weighted by Gasteiger charge is 2.48. The normalized spacial score (nSPS) is 39.7. The van der Waals surface area contributed by atoms with Gasteiger partial charge in [0.1, 0.15) is 5.76 Å². The molecular formula is C14H20O3. The van der Waals surface area contributed by atoms with Crippen molar-refractivity contribution in [2.24, 2.45) is 11.3 Å². The van der Waals surface area contributed by atoms with Crippen molar-refractivity contribution >= 4 is 5.78 Å². The van der Waals surface area contributed by atoms with Gasteiger partial charge in [-0.3, -0.25) is 4.79 Å². The Labute approximate surface area is 102 Å². The highest BCUT2D eigenvalue weighted by atomic mass is 16.6. The molecule has 0 aromatic rings. The minimum atomic E-state index is -0.991. The number of hydrogen-bond acceptors (Lipinski definition) is 3. The molecule has 0 amide bonds. The molecule has 94 valence electrons. The van der Waals surface area contributed by atoms with E-state index in [2.05, 4.69) is 13.8 Å². The summed E-state index contributed by atoms with van der Waals surface area (Å²) in [6, 6.07) is 0. The van der Waals surface area contributed by atoms with Gasteiger partial charge in [0.2, 0.25) is 5.79 Å². The van der Waals surface area contributed by atoms with Crippen LogP contribution in [0.4, 0.5) is 0 Å². The zero-order chi connectivity index (χ0) is 12.3. The lowest BCUT2D eigenvalue weighted by Gasteiger charge is -2.46. The number of ketones is 1. The number of fused-ring (bicyclic) bond motifs is 3. The Morgan fingerprint density at radius 3 is 2.88 bits per heavy atom. The van der Waals surface area contributed by atoms with E-state index in [1.807, 2.05) is 0 Å². The van der Waals surface area contributed by atoms with Crippen LogP contribution >= 0.6 is 0 Å². The lowest BCUT2D eigenvalue weighted by Crippen LogP contribution is -2.46. The van der Waals surface area contributed by atoms with Crippen molar-refractivity contribution in [2.75, 3.05) is 0 Å². The summed E-state index contributed by atoms with van der Waals surface area (Å²) in [4.78, 5) is 12.2. The molecule has 0 radical (unpaired) electrons. The number of carbonyl (C=O) groups is 1.